The highest BCUT2D eigenvalue weighted by molar-refractivity contribution is 5.97. The first-order valence-corrected chi connectivity index (χ1v) is 6.38. The topological polar surface area (TPSA) is 78.2 Å². The van der Waals surface area contributed by atoms with E-state index in [1.165, 1.54) is 0 Å². The van der Waals surface area contributed by atoms with Gasteiger partial charge in [-0.1, -0.05) is 6.92 Å². The van der Waals surface area contributed by atoms with Crippen molar-refractivity contribution in [3.05, 3.63) is 11.4 Å². The number of aryl methyl sites for hydroxylation is 1. The zero-order valence-corrected chi connectivity index (χ0v) is 11.2. The molecule has 18 heavy (non-hydrogen) atoms. The van der Waals surface area contributed by atoms with Crippen LogP contribution in [0.5, 0.6) is 0 Å². The van der Waals surface area contributed by atoms with Crippen molar-refractivity contribution in [1.82, 2.24) is 20.0 Å². The standard InChI is InChI=1S/C12H21N5O/c1-4-16-5-6-17(7-8(16)2)12(18)11-10(13)9(3)14-15-11/h8H,4-7,13H2,1-3H3,(H,14,15). The Kier molecular flexibility index (Phi) is 3.56. The van der Waals surface area contributed by atoms with Crippen LogP contribution in [0.2, 0.25) is 0 Å². The molecule has 0 saturated carbocycles. The highest BCUT2D eigenvalue weighted by Crippen LogP contribution is 2.17. The molecule has 6 heteroatoms. The zero-order chi connectivity index (χ0) is 13.3. The van der Waals surface area contributed by atoms with Gasteiger partial charge in [0.2, 0.25) is 0 Å². The second-order valence-electron chi connectivity index (χ2n) is 4.84. The van der Waals surface area contributed by atoms with Crippen molar-refractivity contribution < 1.29 is 4.79 Å². The molecule has 0 spiro atoms. The molecule has 100 valence electrons. The number of carbonyl (C=O) groups excluding carboxylic acids is 1. The number of nitrogens with one attached hydrogen (secondary N) is 1. The molecule has 2 heterocycles. The molecule has 0 bridgehead atoms. The lowest BCUT2D eigenvalue weighted by atomic mass is 10.1. The molecule has 1 aliphatic rings. The van der Waals surface area contributed by atoms with Gasteiger partial charge in [0, 0.05) is 25.7 Å². The average molecular weight is 251 g/mol. The van der Waals surface area contributed by atoms with E-state index in [1.807, 2.05) is 11.8 Å². The molecular weight excluding hydrogens is 230 g/mol. The molecule has 3 N–H and O–H groups in total. The fourth-order valence-electron chi connectivity index (χ4n) is 2.40. The highest BCUT2D eigenvalue weighted by Gasteiger charge is 2.28. The highest BCUT2D eigenvalue weighted by atomic mass is 16.2. The molecule has 1 aliphatic heterocycles. The van der Waals surface area contributed by atoms with Crippen molar-refractivity contribution in [2.45, 2.75) is 26.8 Å². The van der Waals surface area contributed by atoms with Gasteiger partial charge in [-0.05, 0) is 20.4 Å². The third kappa shape index (κ3) is 2.20. The van der Waals surface area contributed by atoms with Crippen LogP contribution in [-0.4, -0.2) is 58.1 Å². The smallest absolute Gasteiger partial charge is 0.276 e. The molecule has 1 fully saturated rings. The van der Waals surface area contributed by atoms with Crippen LogP contribution < -0.4 is 5.73 Å². The Hall–Kier alpha value is -1.56. The summed E-state index contributed by atoms with van der Waals surface area (Å²) in [6.45, 7) is 9.50. The quantitative estimate of drug-likeness (QED) is 0.800. The molecule has 1 atom stereocenters. The minimum Gasteiger partial charge on any atom is -0.395 e. The normalized spacial score (nSPS) is 21.3. The van der Waals surface area contributed by atoms with E-state index in [0.29, 0.717) is 17.4 Å². The van der Waals surface area contributed by atoms with Gasteiger partial charge in [0.15, 0.2) is 5.69 Å². The Bertz CT molecular complexity index is 442. The van der Waals surface area contributed by atoms with Crippen molar-refractivity contribution in [2.24, 2.45) is 0 Å². The first-order valence-electron chi connectivity index (χ1n) is 6.38. The summed E-state index contributed by atoms with van der Waals surface area (Å²) < 4.78 is 0. The first kappa shape index (κ1) is 12.9. The summed E-state index contributed by atoms with van der Waals surface area (Å²) in [6, 6.07) is 0.383. The predicted octanol–water partition coefficient (Wildman–Crippen LogP) is 0.467. The number of nitrogens with two attached hydrogens (primary N) is 1. The molecule has 0 radical (unpaired) electrons. The molecule has 0 aliphatic carbocycles. The number of hydrogen-bond acceptors (Lipinski definition) is 4. The van der Waals surface area contributed by atoms with Crippen molar-refractivity contribution >= 4 is 11.6 Å². The molecule has 0 aromatic carbocycles. The fourth-order valence-corrected chi connectivity index (χ4v) is 2.40. The molecular formula is C12H21N5O. The van der Waals surface area contributed by atoms with Gasteiger partial charge < -0.3 is 10.6 Å². The summed E-state index contributed by atoms with van der Waals surface area (Å²) >= 11 is 0. The van der Waals surface area contributed by atoms with Crippen molar-refractivity contribution in [1.29, 1.82) is 0 Å². The van der Waals surface area contributed by atoms with Gasteiger partial charge in [0.1, 0.15) is 0 Å². The number of carbonyl (C=O) groups is 1. The van der Waals surface area contributed by atoms with Crippen molar-refractivity contribution in [3.8, 4) is 0 Å². The maximum atomic E-state index is 12.3. The van der Waals surface area contributed by atoms with Gasteiger partial charge in [-0.15, -0.1) is 0 Å². The maximum absolute atomic E-state index is 12.3. The monoisotopic (exact) mass is 251 g/mol. The summed E-state index contributed by atoms with van der Waals surface area (Å²) in [5.41, 5.74) is 7.41. The summed E-state index contributed by atoms with van der Waals surface area (Å²) in [4.78, 5) is 16.5. The van der Waals surface area contributed by atoms with E-state index >= 15 is 0 Å². The number of anilines is 1. The van der Waals surface area contributed by atoms with Gasteiger partial charge in [0.25, 0.3) is 5.91 Å². The predicted molar refractivity (Wildman–Crippen MR) is 70.3 cm³/mol. The van der Waals surface area contributed by atoms with E-state index in [2.05, 4.69) is 28.9 Å². The lowest BCUT2D eigenvalue weighted by molar-refractivity contribution is 0.0524. The molecule has 2 rings (SSSR count). The van der Waals surface area contributed by atoms with Crippen LogP contribution in [-0.2, 0) is 0 Å². The Morgan fingerprint density at radius 3 is 2.78 bits per heavy atom. The minimum absolute atomic E-state index is 0.0700. The van der Waals surface area contributed by atoms with Crippen LogP contribution >= 0.6 is 0 Å². The van der Waals surface area contributed by atoms with Crippen LogP contribution in [0, 0.1) is 6.92 Å². The molecule has 1 saturated heterocycles. The van der Waals surface area contributed by atoms with Gasteiger partial charge in [-0.25, -0.2) is 0 Å². The van der Waals surface area contributed by atoms with Gasteiger partial charge in [0.05, 0.1) is 11.4 Å². The van der Waals surface area contributed by atoms with Gasteiger partial charge in [-0.3, -0.25) is 14.8 Å². The van der Waals surface area contributed by atoms with E-state index in [1.54, 1.807) is 0 Å². The molecule has 1 amide bonds. The number of nitrogens with zero attached hydrogens (tertiary/aromatic N) is 3. The summed E-state index contributed by atoms with van der Waals surface area (Å²) in [5, 5.41) is 6.75. The second-order valence-corrected chi connectivity index (χ2v) is 4.84. The van der Waals surface area contributed by atoms with E-state index in [-0.39, 0.29) is 5.91 Å². The van der Waals surface area contributed by atoms with Crippen molar-refractivity contribution in [3.63, 3.8) is 0 Å². The van der Waals surface area contributed by atoms with Crippen LogP contribution in [0.4, 0.5) is 5.69 Å². The van der Waals surface area contributed by atoms with Crippen LogP contribution in [0.3, 0.4) is 0 Å². The van der Waals surface area contributed by atoms with E-state index < -0.39 is 0 Å². The summed E-state index contributed by atoms with van der Waals surface area (Å²) in [6.07, 6.45) is 0. The Morgan fingerprint density at radius 2 is 2.28 bits per heavy atom. The lowest BCUT2D eigenvalue weighted by Gasteiger charge is -2.39. The summed E-state index contributed by atoms with van der Waals surface area (Å²) in [5.74, 6) is -0.0700. The minimum atomic E-state index is -0.0700. The molecule has 6 nitrogen and oxygen atoms in total. The number of aromatic amines is 1. The van der Waals surface area contributed by atoms with Crippen molar-refractivity contribution in [2.75, 3.05) is 31.9 Å². The number of aromatic nitrogens is 2. The van der Waals surface area contributed by atoms with Crippen LogP contribution in [0.15, 0.2) is 0 Å². The van der Waals surface area contributed by atoms with E-state index in [0.717, 1.165) is 31.9 Å². The lowest BCUT2D eigenvalue weighted by Crippen LogP contribution is -2.53. The number of nitrogen functional groups attached to an aromatic ring is 1. The largest absolute Gasteiger partial charge is 0.395 e. The SMILES string of the molecule is CCN1CCN(C(=O)c2n[nH]c(C)c2N)CC1C. The van der Waals surface area contributed by atoms with Crippen LogP contribution in [0.25, 0.3) is 0 Å². The number of amides is 1. The third-order valence-electron chi connectivity index (χ3n) is 3.66. The molecule has 1 aromatic heterocycles. The third-order valence-corrected chi connectivity index (χ3v) is 3.66. The van der Waals surface area contributed by atoms with Gasteiger partial charge in [-0.2, -0.15) is 5.10 Å². The number of hydrogen-bond donors (Lipinski definition) is 2. The summed E-state index contributed by atoms with van der Waals surface area (Å²) in [7, 11) is 0. The maximum Gasteiger partial charge on any atom is 0.276 e. The second kappa shape index (κ2) is 4.97. The number of piperazine rings is 1. The zero-order valence-electron chi connectivity index (χ0n) is 11.2. The Balaban J connectivity index is 2.09. The molecule has 1 unspecified atom stereocenters. The number of rotatable bonds is 2. The molecule has 1 aromatic rings. The first-order chi connectivity index (χ1) is 8.54. The van der Waals surface area contributed by atoms with Crippen LogP contribution in [0.1, 0.15) is 30.0 Å². The Morgan fingerprint density at radius 1 is 1.56 bits per heavy atom. The van der Waals surface area contributed by atoms with Gasteiger partial charge >= 0.3 is 0 Å². The Labute approximate surface area is 107 Å². The van der Waals surface area contributed by atoms with E-state index in [9.17, 15) is 4.79 Å². The number of likely N-dealkylation sites (N-methyl/N-ethyl adjacent to an activating group) is 1. The number of H-pyrrole nitrogens is 1. The van der Waals surface area contributed by atoms with E-state index in [4.69, 9.17) is 5.73 Å². The fraction of sp³-hybridized carbons (Fsp3) is 0.667. The average Bonchev–Trinajstić information content (AvgIpc) is 2.69.